The van der Waals surface area contributed by atoms with Crippen LogP contribution in [0.2, 0.25) is 0 Å². The van der Waals surface area contributed by atoms with Gasteiger partial charge in [-0.3, -0.25) is 9.69 Å². The Kier molecular flexibility index (Phi) is 4.85. The second kappa shape index (κ2) is 6.23. The van der Waals surface area contributed by atoms with Crippen LogP contribution >= 0.6 is 0 Å². The first-order valence-electron chi connectivity index (χ1n) is 7.55. The number of ether oxygens (including phenoxy) is 1. The van der Waals surface area contributed by atoms with E-state index in [0.29, 0.717) is 18.4 Å². The van der Waals surface area contributed by atoms with E-state index in [1.807, 2.05) is 0 Å². The predicted molar refractivity (Wildman–Crippen MR) is 76.1 cm³/mol. The van der Waals surface area contributed by atoms with Crippen molar-refractivity contribution in [2.75, 3.05) is 39.4 Å². The van der Waals surface area contributed by atoms with Crippen molar-refractivity contribution in [3.63, 3.8) is 0 Å². The third-order valence-electron chi connectivity index (χ3n) is 4.06. The van der Waals surface area contributed by atoms with Crippen LogP contribution in [-0.4, -0.2) is 61.1 Å². The molecule has 0 radical (unpaired) electrons. The SMILES string of the molecule is CC(C)(C)CC(=O)N1CCC(N2CCOCC2)CC1. The lowest BCUT2D eigenvalue weighted by Crippen LogP contribution is -2.50. The van der Waals surface area contributed by atoms with E-state index in [2.05, 4.69) is 30.6 Å². The number of piperidine rings is 1. The second-order valence-electron chi connectivity index (χ2n) is 7.00. The van der Waals surface area contributed by atoms with Crippen LogP contribution in [0, 0.1) is 5.41 Å². The average Bonchev–Trinajstić information content (AvgIpc) is 2.38. The highest BCUT2D eigenvalue weighted by Gasteiger charge is 2.29. The zero-order chi connectivity index (χ0) is 13.9. The van der Waals surface area contributed by atoms with Gasteiger partial charge in [0.1, 0.15) is 0 Å². The van der Waals surface area contributed by atoms with Crippen molar-refractivity contribution in [2.45, 2.75) is 46.1 Å². The number of nitrogens with zero attached hydrogens (tertiary/aromatic N) is 2. The maximum absolute atomic E-state index is 12.2. The summed E-state index contributed by atoms with van der Waals surface area (Å²) < 4.78 is 5.40. The fourth-order valence-corrected chi connectivity index (χ4v) is 2.99. The number of carbonyl (C=O) groups excluding carboxylic acids is 1. The van der Waals surface area contributed by atoms with Crippen molar-refractivity contribution in [2.24, 2.45) is 5.41 Å². The van der Waals surface area contributed by atoms with Crippen LogP contribution in [-0.2, 0) is 9.53 Å². The van der Waals surface area contributed by atoms with Crippen LogP contribution in [0.3, 0.4) is 0 Å². The zero-order valence-corrected chi connectivity index (χ0v) is 12.7. The molecule has 4 heteroatoms. The van der Waals surface area contributed by atoms with Crippen LogP contribution in [0.15, 0.2) is 0 Å². The lowest BCUT2D eigenvalue weighted by Gasteiger charge is -2.40. The van der Waals surface area contributed by atoms with Crippen LogP contribution in [0.1, 0.15) is 40.0 Å². The van der Waals surface area contributed by atoms with E-state index in [1.165, 1.54) is 0 Å². The minimum absolute atomic E-state index is 0.0954. The molecule has 0 aromatic heterocycles. The molecule has 0 N–H and O–H groups in total. The maximum atomic E-state index is 12.2. The second-order valence-corrected chi connectivity index (χ2v) is 7.00. The molecule has 0 unspecified atom stereocenters. The van der Waals surface area contributed by atoms with Gasteiger partial charge in [-0.05, 0) is 18.3 Å². The molecule has 19 heavy (non-hydrogen) atoms. The lowest BCUT2D eigenvalue weighted by molar-refractivity contribution is -0.135. The number of likely N-dealkylation sites (tertiary alicyclic amines) is 1. The summed E-state index contributed by atoms with van der Waals surface area (Å²) in [4.78, 5) is 16.8. The number of morpholine rings is 1. The molecule has 0 aromatic carbocycles. The van der Waals surface area contributed by atoms with Crippen LogP contribution in [0.4, 0.5) is 0 Å². The molecule has 2 aliphatic rings. The van der Waals surface area contributed by atoms with Gasteiger partial charge < -0.3 is 9.64 Å². The Morgan fingerprint density at radius 2 is 1.68 bits per heavy atom. The number of amides is 1. The van der Waals surface area contributed by atoms with Crippen molar-refractivity contribution >= 4 is 5.91 Å². The highest BCUT2D eigenvalue weighted by molar-refractivity contribution is 5.76. The molecule has 2 aliphatic heterocycles. The van der Waals surface area contributed by atoms with E-state index in [1.54, 1.807) is 0 Å². The summed E-state index contributed by atoms with van der Waals surface area (Å²) >= 11 is 0. The first kappa shape index (κ1) is 14.8. The van der Waals surface area contributed by atoms with Gasteiger partial charge >= 0.3 is 0 Å². The fraction of sp³-hybridized carbons (Fsp3) is 0.933. The topological polar surface area (TPSA) is 32.8 Å². The highest BCUT2D eigenvalue weighted by atomic mass is 16.5. The van der Waals surface area contributed by atoms with Gasteiger partial charge in [0, 0.05) is 38.6 Å². The molecule has 4 nitrogen and oxygen atoms in total. The maximum Gasteiger partial charge on any atom is 0.223 e. The van der Waals surface area contributed by atoms with Crippen LogP contribution in [0.25, 0.3) is 0 Å². The Labute approximate surface area is 117 Å². The van der Waals surface area contributed by atoms with Gasteiger partial charge in [0.15, 0.2) is 0 Å². The van der Waals surface area contributed by atoms with Gasteiger partial charge in [-0.1, -0.05) is 20.8 Å². The van der Waals surface area contributed by atoms with Gasteiger partial charge in [-0.2, -0.15) is 0 Å². The van der Waals surface area contributed by atoms with Crippen LogP contribution < -0.4 is 0 Å². The van der Waals surface area contributed by atoms with Crippen LogP contribution in [0.5, 0.6) is 0 Å². The van der Waals surface area contributed by atoms with E-state index in [9.17, 15) is 4.79 Å². The first-order valence-corrected chi connectivity index (χ1v) is 7.55. The minimum Gasteiger partial charge on any atom is -0.379 e. The molecule has 0 aromatic rings. The molecule has 0 spiro atoms. The van der Waals surface area contributed by atoms with E-state index in [0.717, 1.165) is 52.2 Å². The number of rotatable bonds is 2. The molecule has 2 heterocycles. The molecule has 0 bridgehead atoms. The molecule has 110 valence electrons. The summed E-state index contributed by atoms with van der Waals surface area (Å²) in [6.45, 7) is 12.1. The summed E-state index contributed by atoms with van der Waals surface area (Å²) in [5, 5.41) is 0. The standard InChI is InChI=1S/C15H28N2O2/c1-15(2,3)12-14(18)17-6-4-13(5-7-17)16-8-10-19-11-9-16/h13H,4-12H2,1-3H3. The highest BCUT2D eigenvalue weighted by Crippen LogP contribution is 2.23. The zero-order valence-electron chi connectivity index (χ0n) is 12.7. The Bertz CT molecular complexity index is 298. The quantitative estimate of drug-likeness (QED) is 0.765. The lowest BCUT2D eigenvalue weighted by atomic mass is 9.91. The molecule has 0 aliphatic carbocycles. The minimum atomic E-state index is 0.0954. The monoisotopic (exact) mass is 268 g/mol. The largest absolute Gasteiger partial charge is 0.379 e. The summed E-state index contributed by atoms with van der Waals surface area (Å²) in [5.41, 5.74) is 0.0954. The van der Waals surface area contributed by atoms with Crippen molar-refractivity contribution < 1.29 is 9.53 Å². The summed E-state index contributed by atoms with van der Waals surface area (Å²) in [5.74, 6) is 0.327. The molecule has 0 atom stereocenters. The Balaban J connectivity index is 1.77. The molecule has 2 rings (SSSR count). The van der Waals surface area contributed by atoms with Crippen molar-refractivity contribution in [1.29, 1.82) is 0 Å². The molecular weight excluding hydrogens is 240 g/mol. The van der Waals surface area contributed by atoms with Gasteiger partial charge in [0.2, 0.25) is 5.91 Å². The third-order valence-corrected chi connectivity index (χ3v) is 4.06. The van der Waals surface area contributed by atoms with E-state index >= 15 is 0 Å². The van der Waals surface area contributed by atoms with Crippen molar-refractivity contribution in [3.05, 3.63) is 0 Å². The number of hydrogen-bond donors (Lipinski definition) is 0. The van der Waals surface area contributed by atoms with Gasteiger partial charge in [0.25, 0.3) is 0 Å². The average molecular weight is 268 g/mol. The molecule has 2 fully saturated rings. The van der Waals surface area contributed by atoms with Crippen molar-refractivity contribution in [3.8, 4) is 0 Å². The normalized spacial score (nSPS) is 23.6. The summed E-state index contributed by atoms with van der Waals surface area (Å²) in [6.07, 6.45) is 2.90. The fourth-order valence-electron chi connectivity index (χ4n) is 2.99. The molecule has 2 saturated heterocycles. The summed E-state index contributed by atoms with van der Waals surface area (Å²) in [6, 6.07) is 0.655. The van der Waals surface area contributed by atoms with Gasteiger partial charge in [-0.15, -0.1) is 0 Å². The van der Waals surface area contributed by atoms with Gasteiger partial charge in [0.05, 0.1) is 13.2 Å². The first-order chi connectivity index (χ1) is 8.96. The van der Waals surface area contributed by atoms with Gasteiger partial charge in [-0.25, -0.2) is 0 Å². The van der Waals surface area contributed by atoms with E-state index < -0.39 is 0 Å². The predicted octanol–water partition coefficient (Wildman–Crippen LogP) is 1.75. The number of carbonyl (C=O) groups is 1. The summed E-state index contributed by atoms with van der Waals surface area (Å²) in [7, 11) is 0. The number of hydrogen-bond acceptors (Lipinski definition) is 3. The molecular formula is C15H28N2O2. The smallest absolute Gasteiger partial charge is 0.223 e. The Hall–Kier alpha value is -0.610. The Morgan fingerprint density at radius 1 is 1.11 bits per heavy atom. The van der Waals surface area contributed by atoms with E-state index in [-0.39, 0.29) is 5.41 Å². The molecule has 0 saturated carbocycles. The third kappa shape index (κ3) is 4.46. The van der Waals surface area contributed by atoms with Crippen molar-refractivity contribution in [1.82, 2.24) is 9.80 Å². The Morgan fingerprint density at radius 3 is 2.21 bits per heavy atom. The molecule has 1 amide bonds. The van der Waals surface area contributed by atoms with E-state index in [4.69, 9.17) is 4.74 Å².